The maximum Gasteiger partial charge on any atom is 0.328 e. The Balaban J connectivity index is 1.98. The highest BCUT2D eigenvalue weighted by molar-refractivity contribution is 6.43. The van der Waals surface area contributed by atoms with Crippen LogP contribution in [-0.2, 0) is 27.3 Å². The molecule has 0 saturated heterocycles. The summed E-state index contributed by atoms with van der Waals surface area (Å²) in [5, 5.41) is 0. The van der Waals surface area contributed by atoms with E-state index in [-0.39, 0.29) is 30.0 Å². The maximum atomic E-state index is 13.1. The van der Waals surface area contributed by atoms with Crippen molar-refractivity contribution < 1.29 is 33.3 Å². The molecule has 0 bridgehead atoms. The lowest BCUT2D eigenvalue weighted by molar-refractivity contribution is -0.152. The third kappa shape index (κ3) is 3.80. The van der Waals surface area contributed by atoms with Crippen molar-refractivity contribution in [2.24, 2.45) is 0 Å². The maximum absolute atomic E-state index is 13.1. The van der Waals surface area contributed by atoms with Gasteiger partial charge in [0.2, 0.25) is 5.75 Å². The van der Waals surface area contributed by atoms with Crippen LogP contribution in [0.1, 0.15) is 21.5 Å². The molecule has 1 unspecified atom stereocenters. The van der Waals surface area contributed by atoms with E-state index in [4.69, 9.17) is 18.9 Å². The summed E-state index contributed by atoms with van der Waals surface area (Å²) in [6.45, 7) is 0.130. The first-order chi connectivity index (χ1) is 14.4. The molecule has 0 radical (unpaired) electrons. The van der Waals surface area contributed by atoms with Gasteiger partial charge in [0.15, 0.2) is 11.5 Å². The molecule has 1 aliphatic heterocycles. The van der Waals surface area contributed by atoms with Gasteiger partial charge in [0.05, 0.1) is 28.4 Å². The van der Waals surface area contributed by atoms with Crippen LogP contribution in [0, 0.1) is 0 Å². The Hall–Kier alpha value is -3.55. The van der Waals surface area contributed by atoms with Crippen LogP contribution in [0.4, 0.5) is 0 Å². The average molecular weight is 413 g/mol. The molecule has 158 valence electrons. The van der Waals surface area contributed by atoms with Crippen LogP contribution in [0.15, 0.2) is 36.4 Å². The smallest absolute Gasteiger partial charge is 0.328 e. The third-order valence-corrected chi connectivity index (χ3v) is 5.10. The lowest BCUT2D eigenvalue weighted by Crippen LogP contribution is -2.51. The molecule has 0 aliphatic carbocycles. The summed E-state index contributed by atoms with van der Waals surface area (Å²) >= 11 is 0. The fourth-order valence-electron chi connectivity index (χ4n) is 3.55. The van der Waals surface area contributed by atoms with Crippen LogP contribution >= 0.6 is 0 Å². The van der Waals surface area contributed by atoms with Crippen molar-refractivity contribution in [3.8, 4) is 17.2 Å². The number of nitrogens with zero attached hydrogens (tertiary/aromatic N) is 1. The molecule has 3 rings (SSSR count). The lowest BCUT2D eigenvalue weighted by Gasteiger charge is -2.34. The topological polar surface area (TPSA) is 91.4 Å². The number of hydrogen-bond donors (Lipinski definition) is 0. The monoisotopic (exact) mass is 413 g/mol. The first-order valence-electron chi connectivity index (χ1n) is 9.25. The Morgan fingerprint density at radius 3 is 2.03 bits per heavy atom. The summed E-state index contributed by atoms with van der Waals surface area (Å²) in [6.07, 6.45) is 0.275. The molecule has 2 aromatic carbocycles. The normalized spacial score (nSPS) is 15.1. The van der Waals surface area contributed by atoms with Crippen LogP contribution in [0.2, 0.25) is 0 Å². The molecule has 1 amide bonds. The van der Waals surface area contributed by atoms with Crippen molar-refractivity contribution >= 4 is 17.7 Å². The summed E-state index contributed by atoms with van der Waals surface area (Å²) in [5.74, 6) is -1.36. The highest BCUT2D eigenvalue weighted by Gasteiger charge is 2.38. The van der Waals surface area contributed by atoms with Crippen molar-refractivity contribution in [2.45, 2.75) is 19.0 Å². The number of hydrogen-bond acceptors (Lipinski definition) is 7. The van der Waals surface area contributed by atoms with Gasteiger partial charge in [-0.05, 0) is 23.3 Å². The van der Waals surface area contributed by atoms with Gasteiger partial charge in [0.1, 0.15) is 6.04 Å². The van der Waals surface area contributed by atoms with Crippen LogP contribution < -0.4 is 14.2 Å². The van der Waals surface area contributed by atoms with E-state index >= 15 is 0 Å². The van der Waals surface area contributed by atoms with Crippen molar-refractivity contribution in [2.75, 3.05) is 28.4 Å². The first-order valence-corrected chi connectivity index (χ1v) is 9.25. The molecular weight excluding hydrogens is 390 g/mol. The second-order valence-electron chi connectivity index (χ2n) is 6.69. The fourth-order valence-corrected chi connectivity index (χ4v) is 3.55. The predicted molar refractivity (Wildman–Crippen MR) is 107 cm³/mol. The van der Waals surface area contributed by atoms with Gasteiger partial charge >= 0.3 is 5.97 Å². The highest BCUT2D eigenvalue weighted by Crippen LogP contribution is 2.38. The van der Waals surface area contributed by atoms with E-state index in [1.807, 2.05) is 24.3 Å². The Bertz CT molecular complexity index is 960. The molecule has 1 heterocycles. The Morgan fingerprint density at radius 2 is 1.50 bits per heavy atom. The zero-order chi connectivity index (χ0) is 21.8. The number of carbonyl (C=O) groups is 3. The van der Waals surface area contributed by atoms with E-state index in [2.05, 4.69) is 0 Å². The predicted octanol–water partition coefficient (Wildman–Crippen LogP) is 2.02. The molecule has 8 nitrogen and oxygen atoms in total. The molecule has 1 atom stereocenters. The van der Waals surface area contributed by atoms with Gasteiger partial charge in [-0.3, -0.25) is 9.59 Å². The fraction of sp³-hybridized carbons (Fsp3) is 0.318. The quantitative estimate of drug-likeness (QED) is 0.406. The summed E-state index contributed by atoms with van der Waals surface area (Å²) in [4.78, 5) is 39.8. The van der Waals surface area contributed by atoms with E-state index in [1.165, 1.54) is 45.5 Å². The summed E-state index contributed by atoms with van der Waals surface area (Å²) in [7, 11) is 5.54. The number of esters is 1. The number of rotatable bonds is 6. The second kappa shape index (κ2) is 8.86. The number of fused-ring (bicyclic) bond motifs is 1. The second-order valence-corrected chi connectivity index (χ2v) is 6.69. The van der Waals surface area contributed by atoms with Gasteiger partial charge in [0, 0.05) is 18.5 Å². The minimum atomic E-state index is -0.886. The van der Waals surface area contributed by atoms with E-state index in [0.717, 1.165) is 11.1 Å². The van der Waals surface area contributed by atoms with Crippen molar-refractivity contribution in [3.05, 3.63) is 53.1 Å². The number of carbonyl (C=O) groups excluding carboxylic acids is 3. The first kappa shape index (κ1) is 21.2. The molecule has 8 heteroatoms. The number of benzene rings is 2. The molecule has 0 aromatic heterocycles. The van der Waals surface area contributed by atoms with Crippen LogP contribution in [0.25, 0.3) is 0 Å². The number of Topliss-reactive ketones (excluding diaryl/α,β-unsaturated/α-hetero) is 1. The SMILES string of the molecule is COC(=O)C1Cc2ccccc2CN1C(=O)C(=O)c1cc(OC)c(OC)c(OC)c1. The van der Waals surface area contributed by atoms with E-state index in [1.54, 1.807) is 0 Å². The van der Waals surface area contributed by atoms with Gasteiger partial charge in [0.25, 0.3) is 11.7 Å². The van der Waals surface area contributed by atoms with Crippen LogP contribution in [-0.4, -0.2) is 57.0 Å². The zero-order valence-corrected chi connectivity index (χ0v) is 17.3. The van der Waals surface area contributed by atoms with E-state index in [9.17, 15) is 14.4 Å². The Labute approximate surface area is 174 Å². The van der Waals surface area contributed by atoms with Gasteiger partial charge < -0.3 is 23.8 Å². The summed E-state index contributed by atoms with van der Waals surface area (Å²) < 4.78 is 20.7. The van der Waals surface area contributed by atoms with Crippen molar-refractivity contribution in [1.29, 1.82) is 0 Å². The molecule has 0 spiro atoms. The molecule has 0 saturated carbocycles. The van der Waals surface area contributed by atoms with Gasteiger partial charge in [-0.15, -0.1) is 0 Å². The Kier molecular flexibility index (Phi) is 6.25. The number of methoxy groups -OCH3 is 4. The van der Waals surface area contributed by atoms with Gasteiger partial charge in [-0.25, -0.2) is 4.79 Å². The highest BCUT2D eigenvalue weighted by atomic mass is 16.5. The standard InChI is InChI=1S/C22H23NO7/c1-27-17-10-15(11-18(28-2)20(17)29-3)19(24)21(25)23-12-14-8-6-5-7-13(14)9-16(23)22(26)30-4/h5-8,10-11,16H,9,12H2,1-4H3. The molecular formula is C22H23NO7. The van der Waals surface area contributed by atoms with Gasteiger partial charge in [-0.1, -0.05) is 24.3 Å². The van der Waals surface area contributed by atoms with Crippen LogP contribution in [0.5, 0.6) is 17.2 Å². The average Bonchev–Trinajstić information content (AvgIpc) is 2.80. The number of ether oxygens (including phenoxy) is 4. The van der Waals surface area contributed by atoms with E-state index in [0.29, 0.717) is 5.75 Å². The number of ketones is 1. The molecule has 30 heavy (non-hydrogen) atoms. The van der Waals surface area contributed by atoms with Crippen molar-refractivity contribution in [3.63, 3.8) is 0 Å². The minimum Gasteiger partial charge on any atom is -0.493 e. The molecule has 2 aromatic rings. The molecule has 0 N–H and O–H groups in total. The molecule has 1 aliphatic rings. The molecule has 0 fully saturated rings. The van der Waals surface area contributed by atoms with Gasteiger partial charge in [-0.2, -0.15) is 0 Å². The summed E-state index contributed by atoms with van der Waals surface area (Å²) in [5.41, 5.74) is 1.89. The lowest BCUT2D eigenvalue weighted by atomic mass is 9.93. The number of amides is 1. The zero-order valence-electron chi connectivity index (χ0n) is 17.3. The van der Waals surface area contributed by atoms with Crippen molar-refractivity contribution in [1.82, 2.24) is 4.90 Å². The van der Waals surface area contributed by atoms with Crippen LogP contribution in [0.3, 0.4) is 0 Å². The van der Waals surface area contributed by atoms with E-state index < -0.39 is 23.7 Å². The Morgan fingerprint density at radius 1 is 0.900 bits per heavy atom. The minimum absolute atomic E-state index is 0.0666. The largest absolute Gasteiger partial charge is 0.493 e. The third-order valence-electron chi connectivity index (χ3n) is 5.10. The summed E-state index contributed by atoms with van der Waals surface area (Å²) in [6, 6.07) is 9.41.